The van der Waals surface area contributed by atoms with Gasteiger partial charge in [-0.2, -0.15) is 0 Å². The van der Waals surface area contributed by atoms with Gasteiger partial charge in [-0.1, -0.05) is 48.5 Å². The van der Waals surface area contributed by atoms with Gasteiger partial charge in [-0.05, 0) is 17.7 Å². The molecule has 2 N–H and O–H groups in total. The van der Waals surface area contributed by atoms with Crippen molar-refractivity contribution < 1.29 is 38.1 Å². The van der Waals surface area contributed by atoms with E-state index in [1.165, 1.54) is 20.8 Å². The van der Waals surface area contributed by atoms with Gasteiger partial charge in [0.1, 0.15) is 18.8 Å². The molecule has 0 aromatic heterocycles. The van der Waals surface area contributed by atoms with Crippen LogP contribution in [0, 0.1) is 0 Å². The summed E-state index contributed by atoms with van der Waals surface area (Å²) in [5.41, 5.74) is 1.22. The molecule has 0 bridgehead atoms. The van der Waals surface area contributed by atoms with Crippen LogP contribution in [-0.2, 0) is 39.9 Å². The van der Waals surface area contributed by atoms with Gasteiger partial charge in [0, 0.05) is 26.3 Å². The molecule has 2 aromatic carbocycles. The van der Waals surface area contributed by atoms with Crippen molar-refractivity contribution in [3.05, 3.63) is 71.8 Å². The van der Waals surface area contributed by atoms with Crippen molar-refractivity contribution >= 4 is 23.8 Å². The standard InChI is InChI=1S/C26H30N2O8/c1-16(29)27-23-22(28-25(32)20-12-8-5-9-13-20)24(35-18(3)31)21(15-33-17(2)30)36-26(23)34-14-19-10-6-4-7-11-19/h4-13,21-24,26H,14-15H2,1-3H3,(H,27,29)(H,28,32)/t21-,22-,23-,24+,26+/m1/s1. The van der Waals surface area contributed by atoms with Crippen molar-refractivity contribution in [3.8, 4) is 0 Å². The number of esters is 2. The Labute approximate surface area is 209 Å². The Morgan fingerprint density at radius 3 is 2.06 bits per heavy atom. The molecule has 1 heterocycles. The lowest BCUT2D eigenvalue weighted by Crippen LogP contribution is -2.70. The molecule has 5 atom stereocenters. The number of carbonyl (C=O) groups excluding carboxylic acids is 4. The van der Waals surface area contributed by atoms with Crippen LogP contribution in [0.15, 0.2) is 60.7 Å². The average Bonchev–Trinajstić information content (AvgIpc) is 2.85. The predicted octanol–water partition coefficient (Wildman–Crippen LogP) is 1.73. The monoisotopic (exact) mass is 498 g/mol. The average molecular weight is 499 g/mol. The molecule has 0 spiro atoms. The first-order valence-electron chi connectivity index (χ1n) is 11.5. The molecule has 36 heavy (non-hydrogen) atoms. The van der Waals surface area contributed by atoms with E-state index in [1.807, 2.05) is 30.3 Å². The Morgan fingerprint density at radius 2 is 1.47 bits per heavy atom. The fourth-order valence-electron chi connectivity index (χ4n) is 3.90. The molecule has 1 fully saturated rings. The smallest absolute Gasteiger partial charge is 0.303 e. The maximum absolute atomic E-state index is 13.1. The second kappa shape index (κ2) is 12.8. The lowest BCUT2D eigenvalue weighted by Gasteiger charge is -2.46. The van der Waals surface area contributed by atoms with Crippen molar-refractivity contribution in [2.45, 2.75) is 58.0 Å². The highest BCUT2D eigenvalue weighted by Crippen LogP contribution is 2.27. The van der Waals surface area contributed by atoms with Crippen LogP contribution in [0.2, 0.25) is 0 Å². The molecule has 192 valence electrons. The highest BCUT2D eigenvalue weighted by molar-refractivity contribution is 5.94. The van der Waals surface area contributed by atoms with Gasteiger partial charge >= 0.3 is 11.9 Å². The number of benzene rings is 2. The van der Waals surface area contributed by atoms with E-state index in [-0.39, 0.29) is 13.2 Å². The largest absolute Gasteiger partial charge is 0.463 e. The quantitative estimate of drug-likeness (QED) is 0.500. The number of rotatable bonds is 9. The number of amides is 2. The lowest BCUT2D eigenvalue weighted by molar-refractivity contribution is -0.258. The maximum atomic E-state index is 13.1. The van der Waals surface area contributed by atoms with Gasteiger partial charge in [-0.25, -0.2) is 0 Å². The molecule has 1 saturated heterocycles. The minimum Gasteiger partial charge on any atom is -0.463 e. The Hall–Kier alpha value is -3.76. The molecule has 0 radical (unpaired) electrons. The molecule has 2 aromatic rings. The fraction of sp³-hybridized carbons (Fsp3) is 0.385. The highest BCUT2D eigenvalue weighted by Gasteiger charge is 2.50. The topological polar surface area (TPSA) is 129 Å². The minimum atomic E-state index is -1.09. The van der Waals surface area contributed by atoms with Crippen LogP contribution in [0.5, 0.6) is 0 Å². The highest BCUT2D eigenvalue weighted by atomic mass is 16.7. The maximum Gasteiger partial charge on any atom is 0.303 e. The van der Waals surface area contributed by atoms with Crippen molar-refractivity contribution in [1.29, 1.82) is 0 Å². The van der Waals surface area contributed by atoms with E-state index in [1.54, 1.807) is 30.3 Å². The summed E-state index contributed by atoms with van der Waals surface area (Å²) in [7, 11) is 0. The lowest BCUT2D eigenvalue weighted by atomic mass is 9.93. The zero-order chi connectivity index (χ0) is 26.1. The van der Waals surface area contributed by atoms with E-state index < -0.39 is 54.3 Å². The van der Waals surface area contributed by atoms with E-state index >= 15 is 0 Å². The van der Waals surface area contributed by atoms with Crippen molar-refractivity contribution in [1.82, 2.24) is 10.6 Å². The van der Waals surface area contributed by atoms with E-state index in [0.29, 0.717) is 5.56 Å². The summed E-state index contributed by atoms with van der Waals surface area (Å²) in [6.07, 6.45) is -3.14. The second-order valence-electron chi connectivity index (χ2n) is 8.31. The third kappa shape index (κ3) is 7.62. The molecule has 2 amide bonds. The second-order valence-corrected chi connectivity index (χ2v) is 8.31. The van der Waals surface area contributed by atoms with Crippen molar-refractivity contribution in [2.75, 3.05) is 6.61 Å². The number of ether oxygens (including phenoxy) is 4. The molecule has 10 nitrogen and oxygen atoms in total. The van der Waals surface area contributed by atoms with Crippen LogP contribution in [0.1, 0.15) is 36.7 Å². The van der Waals surface area contributed by atoms with Gasteiger partial charge in [0.05, 0.1) is 12.6 Å². The normalized spacial score (nSPS) is 23.2. The number of nitrogens with one attached hydrogen (secondary N) is 2. The third-order valence-electron chi connectivity index (χ3n) is 5.42. The fourth-order valence-corrected chi connectivity index (χ4v) is 3.90. The SMILES string of the molecule is CC(=O)N[C@H]1[C@@H](OCc2ccccc2)O[C@H](COC(C)=O)[C@H](OC(C)=O)[C@@H]1NC(=O)c1ccccc1. The van der Waals surface area contributed by atoms with Crippen LogP contribution in [-0.4, -0.2) is 60.9 Å². The van der Waals surface area contributed by atoms with E-state index in [0.717, 1.165) is 5.56 Å². The van der Waals surface area contributed by atoms with Gasteiger partial charge in [0.25, 0.3) is 5.91 Å². The summed E-state index contributed by atoms with van der Waals surface area (Å²) in [5.74, 6) is -2.06. The van der Waals surface area contributed by atoms with Crippen LogP contribution in [0.3, 0.4) is 0 Å². The Kier molecular flexibility index (Phi) is 9.54. The number of hydrogen-bond donors (Lipinski definition) is 2. The molecule has 1 aliphatic rings. The van der Waals surface area contributed by atoms with Crippen LogP contribution in [0.4, 0.5) is 0 Å². The van der Waals surface area contributed by atoms with Gasteiger partial charge < -0.3 is 29.6 Å². The third-order valence-corrected chi connectivity index (χ3v) is 5.42. The first-order chi connectivity index (χ1) is 17.2. The summed E-state index contributed by atoms with van der Waals surface area (Å²) >= 11 is 0. The zero-order valence-corrected chi connectivity index (χ0v) is 20.3. The summed E-state index contributed by atoms with van der Waals surface area (Å²) in [6.45, 7) is 3.64. The van der Waals surface area contributed by atoms with Gasteiger partial charge in [0.2, 0.25) is 5.91 Å². The molecule has 10 heteroatoms. The Morgan fingerprint density at radius 1 is 0.833 bits per heavy atom. The number of hydrogen-bond acceptors (Lipinski definition) is 8. The summed E-state index contributed by atoms with van der Waals surface area (Å²) in [6, 6.07) is 15.9. The van der Waals surface area contributed by atoms with Crippen molar-refractivity contribution in [3.63, 3.8) is 0 Å². The van der Waals surface area contributed by atoms with Crippen LogP contribution >= 0.6 is 0 Å². The zero-order valence-electron chi connectivity index (χ0n) is 20.3. The molecule has 0 saturated carbocycles. The Bertz CT molecular complexity index is 1050. The summed E-state index contributed by atoms with van der Waals surface area (Å²) in [5, 5.41) is 5.62. The van der Waals surface area contributed by atoms with E-state index in [4.69, 9.17) is 18.9 Å². The molecule has 1 aliphatic heterocycles. The van der Waals surface area contributed by atoms with E-state index in [2.05, 4.69) is 10.6 Å². The molecule has 0 unspecified atom stereocenters. The van der Waals surface area contributed by atoms with Gasteiger partial charge in [-0.3, -0.25) is 19.2 Å². The Balaban J connectivity index is 1.96. The number of carbonyl (C=O) groups is 4. The summed E-state index contributed by atoms with van der Waals surface area (Å²) < 4.78 is 22.8. The van der Waals surface area contributed by atoms with Crippen LogP contribution in [0.25, 0.3) is 0 Å². The minimum absolute atomic E-state index is 0.138. The first-order valence-corrected chi connectivity index (χ1v) is 11.5. The predicted molar refractivity (Wildman–Crippen MR) is 127 cm³/mol. The van der Waals surface area contributed by atoms with Gasteiger partial charge in [-0.15, -0.1) is 0 Å². The molecular weight excluding hydrogens is 468 g/mol. The van der Waals surface area contributed by atoms with Crippen LogP contribution < -0.4 is 10.6 Å². The molecule has 0 aliphatic carbocycles. The van der Waals surface area contributed by atoms with Gasteiger partial charge in [0.15, 0.2) is 12.4 Å². The molecular formula is C26H30N2O8. The molecule has 3 rings (SSSR count). The van der Waals surface area contributed by atoms with Crippen molar-refractivity contribution in [2.24, 2.45) is 0 Å². The van der Waals surface area contributed by atoms with E-state index in [9.17, 15) is 19.2 Å². The first kappa shape index (κ1) is 26.8. The summed E-state index contributed by atoms with van der Waals surface area (Å²) in [4.78, 5) is 48.8.